The number of methoxy groups -OCH3 is 1. The summed E-state index contributed by atoms with van der Waals surface area (Å²) < 4.78 is 17.8. The van der Waals surface area contributed by atoms with Crippen molar-refractivity contribution in [3.8, 4) is 0 Å². The van der Waals surface area contributed by atoms with E-state index in [4.69, 9.17) is 16.3 Å². The molecule has 1 aliphatic heterocycles. The molecule has 1 saturated heterocycles. The Hall–Kier alpha value is -1.13. The molecule has 1 aromatic carbocycles. The first kappa shape index (κ1) is 15.3. The van der Waals surface area contributed by atoms with Crippen LogP contribution in [0.4, 0.5) is 4.39 Å². The van der Waals surface area contributed by atoms with Crippen molar-refractivity contribution in [2.45, 2.75) is 38.3 Å². The molecular formula is C15H19ClFNO2. The fraction of sp³-hybridized carbons (Fsp3) is 0.533. The van der Waals surface area contributed by atoms with Crippen LogP contribution in [0.3, 0.4) is 0 Å². The number of nitrogens with zero attached hydrogens (tertiary/aromatic N) is 1. The number of ether oxygens (including phenoxy) is 1. The molecule has 0 radical (unpaired) electrons. The van der Waals surface area contributed by atoms with E-state index < -0.39 is 0 Å². The van der Waals surface area contributed by atoms with Crippen molar-refractivity contribution in [2.24, 2.45) is 0 Å². The number of benzene rings is 1. The lowest BCUT2D eigenvalue weighted by Gasteiger charge is -2.35. The first-order valence-corrected chi connectivity index (χ1v) is 7.22. The highest BCUT2D eigenvalue weighted by atomic mass is 35.5. The Morgan fingerprint density at radius 2 is 2.30 bits per heavy atom. The number of esters is 1. The van der Waals surface area contributed by atoms with Gasteiger partial charge in [0.2, 0.25) is 0 Å². The molecule has 3 nitrogen and oxygen atoms in total. The Labute approximate surface area is 123 Å². The Kier molecular flexibility index (Phi) is 5.38. The summed E-state index contributed by atoms with van der Waals surface area (Å²) in [7, 11) is 1.41. The van der Waals surface area contributed by atoms with Crippen molar-refractivity contribution < 1.29 is 13.9 Å². The highest BCUT2D eigenvalue weighted by Crippen LogP contribution is 2.25. The van der Waals surface area contributed by atoms with Crippen LogP contribution in [0.1, 0.15) is 31.2 Å². The van der Waals surface area contributed by atoms with Crippen LogP contribution in [0.25, 0.3) is 0 Å². The molecule has 1 atom stereocenters. The topological polar surface area (TPSA) is 29.5 Å². The van der Waals surface area contributed by atoms with E-state index in [2.05, 4.69) is 4.90 Å². The van der Waals surface area contributed by atoms with Crippen LogP contribution in [-0.2, 0) is 16.1 Å². The molecule has 0 aliphatic carbocycles. The summed E-state index contributed by atoms with van der Waals surface area (Å²) in [5.74, 6) is -0.518. The second kappa shape index (κ2) is 7.04. The number of carbonyl (C=O) groups excluding carboxylic acids is 1. The minimum Gasteiger partial charge on any atom is -0.469 e. The van der Waals surface area contributed by atoms with Gasteiger partial charge in [-0.05, 0) is 37.1 Å². The monoisotopic (exact) mass is 299 g/mol. The van der Waals surface area contributed by atoms with Crippen molar-refractivity contribution in [1.82, 2.24) is 4.90 Å². The Balaban J connectivity index is 2.06. The van der Waals surface area contributed by atoms with Gasteiger partial charge in [0.15, 0.2) is 0 Å². The lowest BCUT2D eigenvalue weighted by molar-refractivity contribution is -0.142. The third kappa shape index (κ3) is 3.93. The Bertz CT molecular complexity index is 481. The molecule has 1 fully saturated rings. The molecule has 1 aliphatic rings. The van der Waals surface area contributed by atoms with Crippen LogP contribution >= 0.6 is 11.6 Å². The van der Waals surface area contributed by atoms with Gasteiger partial charge < -0.3 is 4.74 Å². The minimum absolute atomic E-state index is 0.178. The number of hydrogen-bond acceptors (Lipinski definition) is 3. The van der Waals surface area contributed by atoms with Crippen molar-refractivity contribution in [3.05, 3.63) is 34.6 Å². The van der Waals surface area contributed by atoms with Crippen molar-refractivity contribution in [2.75, 3.05) is 13.7 Å². The summed E-state index contributed by atoms with van der Waals surface area (Å²) in [4.78, 5) is 13.7. The predicted molar refractivity (Wildman–Crippen MR) is 76.1 cm³/mol. The smallest absolute Gasteiger partial charge is 0.307 e. The molecule has 1 aromatic rings. The molecule has 0 aromatic heterocycles. The van der Waals surface area contributed by atoms with Gasteiger partial charge in [0, 0.05) is 17.6 Å². The van der Waals surface area contributed by atoms with E-state index in [1.807, 2.05) is 0 Å². The van der Waals surface area contributed by atoms with Crippen LogP contribution in [0, 0.1) is 5.82 Å². The second-order valence-corrected chi connectivity index (χ2v) is 5.54. The zero-order chi connectivity index (χ0) is 14.5. The van der Waals surface area contributed by atoms with E-state index in [9.17, 15) is 9.18 Å². The molecule has 0 N–H and O–H groups in total. The lowest BCUT2D eigenvalue weighted by atomic mass is 9.98. The van der Waals surface area contributed by atoms with E-state index in [1.54, 1.807) is 6.07 Å². The number of carbonyl (C=O) groups is 1. The average molecular weight is 300 g/mol. The highest BCUT2D eigenvalue weighted by molar-refractivity contribution is 6.31. The van der Waals surface area contributed by atoms with Gasteiger partial charge in [0.1, 0.15) is 5.82 Å². The van der Waals surface area contributed by atoms with E-state index >= 15 is 0 Å². The zero-order valence-electron chi connectivity index (χ0n) is 11.6. The summed E-state index contributed by atoms with van der Waals surface area (Å²) in [5.41, 5.74) is 0.893. The van der Waals surface area contributed by atoms with E-state index in [0.29, 0.717) is 18.0 Å². The van der Waals surface area contributed by atoms with Crippen molar-refractivity contribution >= 4 is 17.6 Å². The first-order valence-electron chi connectivity index (χ1n) is 6.85. The number of likely N-dealkylation sites (tertiary alicyclic amines) is 1. The normalized spacial score (nSPS) is 19.9. The zero-order valence-corrected chi connectivity index (χ0v) is 12.3. The molecule has 0 spiro atoms. The molecule has 1 heterocycles. The summed E-state index contributed by atoms with van der Waals surface area (Å²) in [5, 5.41) is 0.437. The van der Waals surface area contributed by atoms with Crippen molar-refractivity contribution in [1.29, 1.82) is 0 Å². The van der Waals surface area contributed by atoms with Gasteiger partial charge in [-0.2, -0.15) is 0 Å². The van der Waals surface area contributed by atoms with Gasteiger partial charge in [-0.15, -0.1) is 0 Å². The quantitative estimate of drug-likeness (QED) is 0.798. The van der Waals surface area contributed by atoms with Gasteiger partial charge in [-0.25, -0.2) is 4.39 Å². The fourth-order valence-corrected chi connectivity index (χ4v) is 2.87. The van der Waals surface area contributed by atoms with E-state index in [1.165, 1.54) is 19.2 Å². The maximum atomic E-state index is 13.1. The number of hydrogen-bond donors (Lipinski definition) is 0. The maximum Gasteiger partial charge on any atom is 0.307 e. The van der Waals surface area contributed by atoms with Crippen molar-refractivity contribution in [3.63, 3.8) is 0 Å². The Morgan fingerprint density at radius 3 is 3.00 bits per heavy atom. The maximum absolute atomic E-state index is 13.1. The van der Waals surface area contributed by atoms with Gasteiger partial charge in [0.25, 0.3) is 0 Å². The minimum atomic E-state index is -0.330. The summed E-state index contributed by atoms with van der Waals surface area (Å²) in [6, 6.07) is 4.63. The highest BCUT2D eigenvalue weighted by Gasteiger charge is 2.25. The molecule has 0 amide bonds. The summed E-state index contributed by atoms with van der Waals surface area (Å²) in [6.45, 7) is 1.57. The molecule has 0 bridgehead atoms. The van der Waals surface area contributed by atoms with Gasteiger partial charge in [-0.1, -0.05) is 24.1 Å². The fourth-order valence-electron chi connectivity index (χ4n) is 2.64. The van der Waals surface area contributed by atoms with Crippen LogP contribution in [0.2, 0.25) is 5.02 Å². The van der Waals surface area contributed by atoms with E-state index in [0.717, 1.165) is 31.4 Å². The number of halogens is 2. The summed E-state index contributed by atoms with van der Waals surface area (Å²) >= 11 is 6.07. The third-order valence-corrected chi connectivity index (χ3v) is 4.12. The van der Waals surface area contributed by atoms with Crippen LogP contribution < -0.4 is 0 Å². The first-order chi connectivity index (χ1) is 9.60. The molecule has 0 saturated carbocycles. The summed E-state index contributed by atoms with van der Waals surface area (Å²) in [6.07, 6.45) is 3.61. The molecule has 2 rings (SSSR count). The average Bonchev–Trinajstić information content (AvgIpc) is 2.43. The standard InChI is InChI=1S/C15H19ClFNO2/c1-20-15(19)9-13-4-2-3-7-18(13)10-11-5-6-12(17)8-14(11)16/h5-6,8,13H,2-4,7,9-10H2,1H3. The predicted octanol–water partition coefficient (Wildman–Crippen LogP) is 3.40. The molecule has 1 unspecified atom stereocenters. The van der Waals surface area contributed by atoms with Gasteiger partial charge >= 0.3 is 5.97 Å². The molecule has 110 valence electrons. The number of piperidine rings is 1. The Morgan fingerprint density at radius 1 is 1.50 bits per heavy atom. The SMILES string of the molecule is COC(=O)CC1CCCCN1Cc1ccc(F)cc1Cl. The second-order valence-electron chi connectivity index (χ2n) is 5.14. The van der Waals surface area contributed by atoms with Crippen LogP contribution in [0.5, 0.6) is 0 Å². The molecule has 20 heavy (non-hydrogen) atoms. The van der Waals surface area contributed by atoms with Gasteiger partial charge in [-0.3, -0.25) is 9.69 Å². The van der Waals surface area contributed by atoms with E-state index in [-0.39, 0.29) is 17.8 Å². The number of rotatable bonds is 4. The lowest BCUT2D eigenvalue weighted by Crippen LogP contribution is -2.40. The van der Waals surface area contributed by atoms with Gasteiger partial charge in [0.05, 0.1) is 13.5 Å². The third-order valence-electron chi connectivity index (χ3n) is 3.77. The largest absolute Gasteiger partial charge is 0.469 e. The van der Waals surface area contributed by atoms with Crippen LogP contribution in [-0.4, -0.2) is 30.6 Å². The molecule has 5 heteroatoms. The molecular weight excluding hydrogens is 281 g/mol. The van der Waals surface area contributed by atoms with Crippen LogP contribution in [0.15, 0.2) is 18.2 Å².